The van der Waals surface area contributed by atoms with Gasteiger partial charge in [0.15, 0.2) is 0 Å². The van der Waals surface area contributed by atoms with Gasteiger partial charge in [-0.15, -0.1) is 0 Å². The molecule has 4 heteroatoms. The second kappa shape index (κ2) is 8.78. The van der Waals surface area contributed by atoms with E-state index in [1.54, 1.807) is 6.07 Å². The molecule has 4 rings (SSSR count). The molecular weight excluding hydrogens is 372 g/mol. The molecule has 0 saturated heterocycles. The predicted octanol–water partition coefficient (Wildman–Crippen LogP) is 5.87. The lowest BCUT2D eigenvalue weighted by molar-refractivity contribution is 0.112. The van der Waals surface area contributed by atoms with Crippen LogP contribution < -0.4 is 4.74 Å². The Bertz CT molecular complexity index is 1130. The highest BCUT2D eigenvalue weighted by Crippen LogP contribution is 2.29. The summed E-state index contributed by atoms with van der Waals surface area (Å²) in [7, 11) is 0. The molecule has 0 atom stereocenters. The van der Waals surface area contributed by atoms with Crippen molar-refractivity contribution in [3.63, 3.8) is 0 Å². The van der Waals surface area contributed by atoms with Gasteiger partial charge < -0.3 is 4.74 Å². The Balaban J connectivity index is 1.79. The molecule has 150 valence electrons. The Labute approximate surface area is 176 Å². The van der Waals surface area contributed by atoms with E-state index in [2.05, 4.69) is 30.3 Å². The fourth-order valence-corrected chi connectivity index (χ4v) is 3.43. The number of hydrogen-bond donors (Lipinski definition) is 0. The summed E-state index contributed by atoms with van der Waals surface area (Å²) in [5.41, 5.74) is 5.71. The molecule has 0 fully saturated rings. The van der Waals surface area contributed by atoms with Gasteiger partial charge in [-0.3, -0.25) is 9.48 Å². The van der Waals surface area contributed by atoms with E-state index in [1.165, 1.54) is 0 Å². The first-order valence-electron chi connectivity index (χ1n) is 10.1. The molecule has 4 nitrogen and oxygen atoms in total. The minimum Gasteiger partial charge on any atom is -0.491 e. The van der Waals surface area contributed by atoms with Crippen LogP contribution in [0.3, 0.4) is 0 Å². The van der Waals surface area contributed by atoms with Crippen molar-refractivity contribution in [2.75, 3.05) is 0 Å². The lowest BCUT2D eigenvalue weighted by atomic mass is 10.1. The highest BCUT2D eigenvalue weighted by molar-refractivity contribution is 5.76. The summed E-state index contributed by atoms with van der Waals surface area (Å²) in [5.74, 6) is 0.713. The van der Waals surface area contributed by atoms with Crippen LogP contribution in [0.4, 0.5) is 0 Å². The van der Waals surface area contributed by atoms with Crippen molar-refractivity contribution in [3.8, 4) is 28.3 Å². The molecule has 0 unspecified atom stereocenters. The topological polar surface area (TPSA) is 44.1 Å². The van der Waals surface area contributed by atoms with E-state index >= 15 is 0 Å². The number of aldehydes is 1. The fraction of sp³-hybridized carbons (Fsp3) is 0.154. The molecule has 0 amide bonds. The van der Waals surface area contributed by atoms with Crippen LogP contribution in [0.15, 0.2) is 84.9 Å². The second-order valence-electron chi connectivity index (χ2n) is 7.46. The maximum atomic E-state index is 11.2. The van der Waals surface area contributed by atoms with Crippen molar-refractivity contribution in [3.05, 3.63) is 96.1 Å². The molecule has 0 aliphatic carbocycles. The zero-order valence-electron chi connectivity index (χ0n) is 17.2. The normalized spacial score (nSPS) is 10.9. The Morgan fingerprint density at radius 1 is 0.900 bits per heavy atom. The third kappa shape index (κ3) is 4.33. The summed E-state index contributed by atoms with van der Waals surface area (Å²) in [6.45, 7) is 4.50. The van der Waals surface area contributed by atoms with E-state index in [4.69, 9.17) is 9.84 Å². The molecule has 0 bridgehead atoms. The Morgan fingerprint density at radius 2 is 1.57 bits per heavy atom. The Morgan fingerprint density at radius 3 is 2.20 bits per heavy atom. The van der Waals surface area contributed by atoms with E-state index in [-0.39, 0.29) is 6.10 Å². The number of benzene rings is 3. The molecule has 0 aliphatic rings. The SMILES string of the molecule is CC(C)Oc1cc(C=O)ccc1Cn1nc(-c2ccccc2)cc1-c1ccccc1. The molecular formula is C26H24N2O2. The summed E-state index contributed by atoms with van der Waals surface area (Å²) in [6.07, 6.45) is 0.852. The van der Waals surface area contributed by atoms with Gasteiger partial charge in [0.25, 0.3) is 0 Å². The van der Waals surface area contributed by atoms with E-state index in [0.717, 1.165) is 34.4 Å². The summed E-state index contributed by atoms with van der Waals surface area (Å²) >= 11 is 0. The third-order valence-corrected chi connectivity index (χ3v) is 4.83. The zero-order chi connectivity index (χ0) is 20.9. The molecule has 30 heavy (non-hydrogen) atoms. The number of nitrogens with zero attached hydrogens (tertiary/aromatic N) is 2. The van der Waals surface area contributed by atoms with E-state index < -0.39 is 0 Å². The first-order chi connectivity index (χ1) is 14.6. The number of rotatable bonds is 7. The molecule has 1 heterocycles. The predicted molar refractivity (Wildman–Crippen MR) is 120 cm³/mol. The van der Waals surface area contributed by atoms with Crippen LogP contribution in [0.25, 0.3) is 22.5 Å². The van der Waals surface area contributed by atoms with Gasteiger partial charge in [-0.05, 0) is 31.5 Å². The number of carbonyl (C=O) groups is 1. The number of hydrogen-bond acceptors (Lipinski definition) is 3. The molecule has 1 aromatic heterocycles. The summed E-state index contributed by atoms with van der Waals surface area (Å²) < 4.78 is 8.00. The van der Waals surface area contributed by atoms with Gasteiger partial charge in [0.2, 0.25) is 0 Å². The van der Waals surface area contributed by atoms with Gasteiger partial charge in [-0.25, -0.2) is 0 Å². The van der Waals surface area contributed by atoms with E-state index in [9.17, 15) is 4.79 Å². The van der Waals surface area contributed by atoms with Crippen molar-refractivity contribution in [1.29, 1.82) is 0 Å². The maximum Gasteiger partial charge on any atom is 0.150 e. The van der Waals surface area contributed by atoms with Crippen LogP contribution in [0.1, 0.15) is 29.8 Å². The molecule has 0 radical (unpaired) electrons. The standard InChI is InChI=1S/C26H24N2O2/c1-19(2)30-26-15-20(18-29)13-14-23(26)17-28-25(22-11-7-4-8-12-22)16-24(27-28)21-9-5-3-6-10-21/h3-16,18-19H,17H2,1-2H3. The Hall–Kier alpha value is -3.66. The first kappa shape index (κ1) is 19.6. The minimum atomic E-state index is 0.0109. The third-order valence-electron chi connectivity index (χ3n) is 4.83. The van der Waals surface area contributed by atoms with Crippen molar-refractivity contribution in [2.24, 2.45) is 0 Å². The molecule has 0 aliphatic heterocycles. The van der Waals surface area contributed by atoms with Crippen LogP contribution >= 0.6 is 0 Å². The monoisotopic (exact) mass is 396 g/mol. The van der Waals surface area contributed by atoms with Crippen molar-refractivity contribution in [1.82, 2.24) is 9.78 Å². The molecule has 3 aromatic carbocycles. The molecule has 0 saturated carbocycles. The number of carbonyl (C=O) groups excluding carboxylic acids is 1. The molecule has 4 aromatic rings. The quantitative estimate of drug-likeness (QED) is 0.367. The van der Waals surface area contributed by atoms with Crippen molar-refractivity contribution >= 4 is 6.29 Å². The fourth-order valence-electron chi connectivity index (χ4n) is 3.43. The van der Waals surface area contributed by atoms with Crippen LogP contribution in [0, 0.1) is 0 Å². The maximum absolute atomic E-state index is 11.2. The lowest BCUT2D eigenvalue weighted by Gasteiger charge is -2.16. The van der Waals surface area contributed by atoms with E-state index in [0.29, 0.717) is 17.9 Å². The average Bonchev–Trinajstić information content (AvgIpc) is 3.19. The lowest BCUT2D eigenvalue weighted by Crippen LogP contribution is -2.11. The molecule has 0 N–H and O–H groups in total. The zero-order valence-corrected chi connectivity index (χ0v) is 17.2. The smallest absolute Gasteiger partial charge is 0.150 e. The Kier molecular flexibility index (Phi) is 5.75. The van der Waals surface area contributed by atoms with Gasteiger partial charge >= 0.3 is 0 Å². The number of aromatic nitrogens is 2. The van der Waals surface area contributed by atoms with Crippen LogP contribution in [-0.4, -0.2) is 22.2 Å². The van der Waals surface area contributed by atoms with Gasteiger partial charge in [-0.2, -0.15) is 5.10 Å². The van der Waals surface area contributed by atoms with Gasteiger partial charge in [0.05, 0.1) is 24.0 Å². The first-order valence-corrected chi connectivity index (χ1v) is 10.1. The van der Waals surface area contributed by atoms with Crippen LogP contribution in [0.5, 0.6) is 5.75 Å². The van der Waals surface area contributed by atoms with Gasteiger partial charge in [-0.1, -0.05) is 72.8 Å². The molecule has 0 spiro atoms. The average molecular weight is 396 g/mol. The summed E-state index contributed by atoms with van der Waals surface area (Å²) in [5, 5.41) is 4.91. The van der Waals surface area contributed by atoms with Gasteiger partial charge in [0, 0.05) is 16.7 Å². The number of ether oxygens (including phenoxy) is 1. The van der Waals surface area contributed by atoms with Crippen molar-refractivity contribution < 1.29 is 9.53 Å². The highest BCUT2D eigenvalue weighted by Gasteiger charge is 2.15. The van der Waals surface area contributed by atoms with Gasteiger partial charge in [0.1, 0.15) is 12.0 Å². The van der Waals surface area contributed by atoms with Crippen LogP contribution in [-0.2, 0) is 6.54 Å². The van der Waals surface area contributed by atoms with Crippen LogP contribution in [0.2, 0.25) is 0 Å². The summed E-state index contributed by atoms with van der Waals surface area (Å²) in [4.78, 5) is 11.2. The summed E-state index contributed by atoms with van der Waals surface area (Å²) in [6, 6.07) is 28.1. The minimum absolute atomic E-state index is 0.0109. The van der Waals surface area contributed by atoms with Crippen molar-refractivity contribution in [2.45, 2.75) is 26.5 Å². The second-order valence-corrected chi connectivity index (χ2v) is 7.46. The van der Waals surface area contributed by atoms with E-state index in [1.807, 2.05) is 67.1 Å². The largest absolute Gasteiger partial charge is 0.491 e. The highest BCUT2D eigenvalue weighted by atomic mass is 16.5.